The Morgan fingerprint density at radius 1 is 0.356 bits per heavy atom. The summed E-state index contributed by atoms with van der Waals surface area (Å²) in [6.07, 6.45) is 3.55. The number of pyridine rings is 2. The van der Waals surface area contributed by atoms with E-state index < -0.39 is 0 Å². The molecule has 0 fully saturated rings. The van der Waals surface area contributed by atoms with Crippen LogP contribution in [0.4, 0.5) is 0 Å². The lowest BCUT2D eigenvalue weighted by atomic mass is 10.2. The van der Waals surface area contributed by atoms with Gasteiger partial charge in [-0.3, -0.25) is 9.97 Å². The molecule has 45 heavy (non-hydrogen) atoms. The molecule has 11 nitrogen and oxygen atoms in total. The van der Waals surface area contributed by atoms with Crippen LogP contribution < -0.4 is 9.47 Å². The van der Waals surface area contributed by atoms with E-state index in [1.807, 2.05) is 60.7 Å². The zero-order valence-electron chi connectivity index (χ0n) is 25.8. The summed E-state index contributed by atoms with van der Waals surface area (Å²) >= 11 is 0. The van der Waals surface area contributed by atoms with Crippen LogP contribution in [0.1, 0.15) is 0 Å². The van der Waals surface area contributed by atoms with Crippen molar-refractivity contribution in [2.24, 2.45) is 0 Å². The molecule has 0 saturated carbocycles. The third kappa shape index (κ3) is 14.5. The second-order valence-electron chi connectivity index (χ2n) is 9.70. The summed E-state index contributed by atoms with van der Waals surface area (Å²) < 4.78 is 50.1. The van der Waals surface area contributed by atoms with Gasteiger partial charge in [0.25, 0.3) is 0 Å². The van der Waals surface area contributed by atoms with Crippen molar-refractivity contribution in [3.05, 3.63) is 73.1 Å². The van der Waals surface area contributed by atoms with E-state index in [-0.39, 0.29) is 0 Å². The van der Waals surface area contributed by atoms with Crippen LogP contribution in [0.3, 0.4) is 0 Å². The van der Waals surface area contributed by atoms with Gasteiger partial charge in [0.1, 0.15) is 24.7 Å². The standard InChI is InChI=1S/C34H44N2O9/c1-3-29-5-7-31(27-33(29)35-9-1)44-25-23-42-21-19-40-17-15-38-13-11-37-12-14-39-16-18-41-20-22-43-24-26-45-32-8-6-30-4-2-10-36-34(30)28-32/h1-10,27-28H,11-26H2. The fraction of sp³-hybridized carbons (Fsp3) is 0.471. The van der Waals surface area contributed by atoms with Gasteiger partial charge in [0.2, 0.25) is 0 Å². The van der Waals surface area contributed by atoms with Crippen LogP contribution in [-0.4, -0.2) is 116 Å². The van der Waals surface area contributed by atoms with Crippen LogP contribution in [0.2, 0.25) is 0 Å². The van der Waals surface area contributed by atoms with Crippen molar-refractivity contribution in [3.63, 3.8) is 0 Å². The highest BCUT2D eigenvalue weighted by molar-refractivity contribution is 5.80. The summed E-state index contributed by atoms with van der Waals surface area (Å²) in [7, 11) is 0. The van der Waals surface area contributed by atoms with Crippen LogP contribution in [0.5, 0.6) is 11.5 Å². The molecule has 2 aromatic heterocycles. The molecule has 244 valence electrons. The summed E-state index contributed by atoms with van der Waals surface area (Å²) in [5, 5.41) is 2.18. The van der Waals surface area contributed by atoms with E-state index in [0.717, 1.165) is 33.3 Å². The summed E-state index contributed by atoms with van der Waals surface area (Å²) in [4.78, 5) is 8.67. The Balaban J connectivity index is 0.812. The monoisotopic (exact) mass is 624 g/mol. The molecule has 0 N–H and O–H groups in total. The average molecular weight is 625 g/mol. The molecular weight excluding hydrogens is 580 g/mol. The molecule has 0 spiro atoms. The van der Waals surface area contributed by atoms with Crippen LogP contribution in [-0.2, 0) is 33.2 Å². The number of rotatable bonds is 26. The maximum absolute atomic E-state index is 5.72. The Bertz CT molecular complexity index is 1240. The fourth-order valence-electron chi connectivity index (χ4n) is 4.13. The minimum absolute atomic E-state index is 0.472. The molecule has 0 saturated heterocycles. The molecule has 2 heterocycles. The first-order chi connectivity index (χ1) is 22.4. The number of benzene rings is 2. The number of hydrogen-bond acceptors (Lipinski definition) is 11. The molecule has 11 heteroatoms. The summed E-state index contributed by atoms with van der Waals surface area (Å²) in [5.41, 5.74) is 1.83. The smallest absolute Gasteiger partial charge is 0.121 e. The van der Waals surface area contributed by atoms with E-state index >= 15 is 0 Å². The third-order valence-electron chi connectivity index (χ3n) is 6.38. The van der Waals surface area contributed by atoms with Crippen molar-refractivity contribution in [1.29, 1.82) is 0 Å². The zero-order chi connectivity index (χ0) is 31.0. The van der Waals surface area contributed by atoms with Crippen LogP contribution in [0.25, 0.3) is 21.8 Å². The number of nitrogens with zero attached hydrogens (tertiary/aromatic N) is 2. The molecule has 4 aromatic rings. The van der Waals surface area contributed by atoms with Crippen molar-refractivity contribution >= 4 is 21.8 Å². The molecule has 0 unspecified atom stereocenters. The molecule has 0 aliphatic heterocycles. The van der Waals surface area contributed by atoms with E-state index in [1.54, 1.807) is 12.4 Å². The predicted molar refractivity (Wildman–Crippen MR) is 170 cm³/mol. The van der Waals surface area contributed by atoms with Crippen molar-refractivity contribution in [2.45, 2.75) is 0 Å². The van der Waals surface area contributed by atoms with Crippen molar-refractivity contribution in [1.82, 2.24) is 9.97 Å². The van der Waals surface area contributed by atoms with E-state index in [2.05, 4.69) is 9.97 Å². The van der Waals surface area contributed by atoms with Crippen LogP contribution in [0, 0.1) is 0 Å². The molecule has 0 bridgehead atoms. The molecule has 2 aromatic carbocycles. The SMILES string of the molecule is c1cnc2cc(OCCOCCOCCOCCOCCOCCOCCOCCOc3ccc4cccnc4c3)ccc2c1. The Morgan fingerprint density at radius 3 is 1.00 bits per heavy atom. The lowest BCUT2D eigenvalue weighted by molar-refractivity contribution is -0.0218. The van der Waals surface area contributed by atoms with Crippen LogP contribution >= 0.6 is 0 Å². The van der Waals surface area contributed by atoms with Gasteiger partial charge in [0, 0.05) is 35.3 Å². The van der Waals surface area contributed by atoms with Gasteiger partial charge in [-0.05, 0) is 36.4 Å². The van der Waals surface area contributed by atoms with Gasteiger partial charge in [-0.1, -0.05) is 12.1 Å². The molecular formula is C34H44N2O9. The largest absolute Gasteiger partial charge is 0.491 e. The van der Waals surface area contributed by atoms with Crippen molar-refractivity contribution < 1.29 is 42.6 Å². The van der Waals surface area contributed by atoms with E-state index in [1.165, 1.54) is 0 Å². The highest BCUT2D eigenvalue weighted by Crippen LogP contribution is 2.19. The molecule has 0 atom stereocenters. The normalized spacial score (nSPS) is 11.4. The van der Waals surface area contributed by atoms with Gasteiger partial charge >= 0.3 is 0 Å². The highest BCUT2D eigenvalue weighted by atomic mass is 16.6. The minimum Gasteiger partial charge on any atom is -0.491 e. The van der Waals surface area contributed by atoms with Gasteiger partial charge in [0.15, 0.2) is 0 Å². The Hall–Kier alpha value is -3.42. The first-order valence-corrected chi connectivity index (χ1v) is 15.4. The quantitative estimate of drug-likeness (QED) is 0.0930. The first-order valence-electron chi connectivity index (χ1n) is 15.4. The lowest BCUT2D eigenvalue weighted by Crippen LogP contribution is -2.15. The Labute approximate surface area is 264 Å². The van der Waals surface area contributed by atoms with Crippen molar-refractivity contribution in [2.75, 3.05) is 106 Å². The second-order valence-corrected chi connectivity index (χ2v) is 9.70. The number of fused-ring (bicyclic) bond motifs is 2. The zero-order valence-corrected chi connectivity index (χ0v) is 25.8. The summed E-state index contributed by atoms with van der Waals surface area (Å²) in [6, 6.07) is 19.6. The molecule has 0 radical (unpaired) electrons. The second kappa shape index (κ2) is 22.1. The van der Waals surface area contributed by atoms with Crippen molar-refractivity contribution in [3.8, 4) is 11.5 Å². The van der Waals surface area contributed by atoms with Gasteiger partial charge in [0.05, 0.1) is 104 Å². The molecule has 0 amide bonds. The maximum atomic E-state index is 5.72. The first kappa shape index (κ1) is 34.5. The van der Waals surface area contributed by atoms with Gasteiger partial charge in [-0.2, -0.15) is 0 Å². The maximum Gasteiger partial charge on any atom is 0.121 e. The molecule has 4 rings (SSSR count). The predicted octanol–water partition coefficient (Wildman–Crippen LogP) is 4.36. The molecule has 0 aliphatic rings. The van der Waals surface area contributed by atoms with Gasteiger partial charge < -0.3 is 42.6 Å². The Kier molecular flexibility index (Phi) is 17.0. The number of ether oxygens (including phenoxy) is 9. The third-order valence-corrected chi connectivity index (χ3v) is 6.38. The number of aromatic nitrogens is 2. The highest BCUT2D eigenvalue weighted by Gasteiger charge is 2.00. The number of hydrogen-bond donors (Lipinski definition) is 0. The van der Waals surface area contributed by atoms with Gasteiger partial charge in [-0.15, -0.1) is 0 Å². The van der Waals surface area contributed by atoms with Crippen LogP contribution in [0.15, 0.2) is 73.1 Å². The Morgan fingerprint density at radius 2 is 0.667 bits per heavy atom. The summed E-state index contributed by atoms with van der Waals surface area (Å²) in [6.45, 7) is 8.03. The average Bonchev–Trinajstić information content (AvgIpc) is 3.08. The summed E-state index contributed by atoms with van der Waals surface area (Å²) in [5.74, 6) is 1.57. The minimum atomic E-state index is 0.472. The van der Waals surface area contributed by atoms with Gasteiger partial charge in [-0.25, -0.2) is 0 Å². The molecule has 0 aliphatic carbocycles. The topological polar surface area (TPSA) is 109 Å². The lowest BCUT2D eigenvalue weighted by Gasteiger charge is -2.09. The fourth-order valence-corrected chi connectivity index (χ4v) is 4.13. The van der Waals surface area contributed by atoms with E-state index in [9.17, 15) is 0 Å². The van der Waals surface area contributed by atoms with E-state index in [4.69, 9.17) is 42.6 Å². The van der Waals surface area contributed by atoms with E-state index in [0.29, 0.717) is 106 Å².